The van der Waals surface area contributed by atoms with Crippen LogP contribution in [0.15, 0.2) is 71.6 Å². The minimum atomic E-state index is 0.0242. The largest absolute Gasteiger partial charge is 0.352 e. The van der Waals surface area contributed by atoms with E-state index in [0.717, 1.165) is 33.3 Å². The summed E-state index contributed by atoms with van der Waals surface area (Å²) in [6.07, 6.45) is 6.23. The molecule has 31 heavy (non-hydrogen) atoms. The third-order valence-corrected chi connectivity index (χ3v) is 5.16. The molecule has 0 atom stereocenters. The number of hydrogen-bond donors (Lipinski definition) is 1. The van der Waals surface area contributed by atoms with Gasteiger partial charge in [-0.2, -0.15) is 4.98 Å². The van der Waals surface area contributed by atoms with E-state index >= 15 is 0 Å². The summed E-state index contributed by atoms with van der Waals surface area (Å²) in [4.78, 5) is 28.5. The molecule has 0 saturated carbocycles. The molecule has 0 bridgehead atoms. The van der Waals surface area contributed by atoms with Gasteiger partial charge in [-0.15, -0.1) is 0 Å². The van der Waals surface area contributed by atoms with Gasteiger partial charge in [0.05, 0.1) is 5.69 Å². The van der Waals surface area contributed by atoms with Crippen molar-refractivity contribution in [2.75, 3.05) is 0 Å². The Morgan fingerprint density at radius 1 is 1.00 bits per heavy atom. The van der Waals surface area contributed by atoms with Crippen molar-refractivity contribution < 1.29 is 9.32 Å². The summed E-state index contributed by atoms with van der Waals surface area (Å²) in [6.45, 7) is 1.76. The molecular weight excluding hydrogens is 390 g/mol. The number of pyridine rings is 2. The first-order chi connectivity index (χ1) is 15.2. The summed E-state index contributed by atoms with van der Waals surface area (Å²) in [7, 11) is 0. The average Bonchev–Trinajstić information content (AvgIpc) is 3.43. The minimum absolute atomic E-state index is 0.0242. The number of aryl methyl sites for hydroxylation is 2. The van der Waals surface area contributed by atoms with Crippen molar-refractivity contribution in [2.24, 2.45) is 0 Å². The number of Topliss-reactive ketones (excluding diaryl/α,β-unsaturated/α-hetero) is 1. The van der Waals surface area contributed by atoms with E-state index in [1.807, 2.05) is 42.5 Å². The van der Waals surface area contributed by atoms with Crippen LogP contribution >= 0.6 is 0 Å². The molecule has 7 heteroatoms. The maximum atomic E-state index is 12.7. The number of aromatic nitrogens is 5. The van der Waals surface area contributed by atoms with Gasteiger partial charge in [0.25, 0.3) is 0 Å². The summed E-state index contributed by atoms with van der Waals surface area (Å²) in [5.41, 5.74) is 5.29. The Balaban J connectivity index is 1.39. The van der Waals surface area contributed by atoms with Crippen LogP contribution in [-0.2, 0) is 6.42 Å². The van der Waals surface area contributed by atoms with E-state index < -0.39 is 0 Å². The van der Waals surface area contributed by atoms with Gasteiger partial charge in [0.2, 0.25) is 11.7 Å². The molecule has 5 rings (SSSR count). The number of ketones is 1. The molecule has 0 saturated heterocycles. The number of aromatic amines is 1. The number of nitrogens with one attached hydrogen (secondary N) is 1. The molecule has 0 aliphatic carbocycles. The predicted molar refractivity (Wildman–Crippen MR) is 116 cm³/mol. The van der Waals surface area contributed by atoms with E-state index in [-0.39, 0.29) is 5.78 Å². The zero-order chi connectivity index (χ0) is 21.2. The third-order valence-electron chi connectivity index (χ3n) is 5.16. The molecule has 0 aliphatic heterocycles. The molecule has 4 aromatic heterocycles. The van der Waals surface area contributed by atoms with E-state index in [1.54, 1.807) is 25.5 Å². The highest BCUT2D eigenvalue weighted by Gasteiger charge is 2.12. The highest BCUT2D eigenvalue weighted by atomic mass is 16.5. The molecule has 0 unspecified atom stereocenters. The zero-order valence-corrected chi connectivity index (χ0v) is 16.9. The molecule has 1 aromatic carbocycles. The number of benzene rings is 1. The van der Waals surface area contributed by atoms with Crippen LogP contribution in [0, 0.1) is 6.92 Å². The second-order valence-electron chi connectivity index (χ2n) is 7.33. The maximum absolute atomic E-state index is 12.7. The number of carbonyl (C=O) groups excluding carboxylic acids is 1. The minimum Gasteiger partial charge on any atom is -0.352 e. The molecule has 1 N–H and O–H groups in total. The van der Waals surface area contributed by atoms with Gasteiger partial charge in [-0.1, -0.05) is 11.2 Å². The zero-order valence-electron chi connectivity index (χ0n) is 16.9. The van der Waals surface area contributed by atoms with Gasteiger partial charge in [-0.3, -0.25) is 14.8 Å². The van der Waals surface area contributed by atoms with Crippen molar-refractivity contribution in [2.45, 2.75) is 19.8 Å². The number of nitrogens with zero attached hydrogens (tertiary/aromatic N) is 4. The quantitative estimate of drug-likeness (QED) is 0.405. The van der Waals surface area contributed by atoms with Gasteiger partial charge in [0.15, 0.2) is 5.78 Å². The number of hydrogen-bond acceptors (Lipinski definition) is 6. The van der Waals surface area contributed by atoms with Crippen LogP contribution in [-0.4, -0.2) is 30.9 Å². The van der Waals surface area contributed by atoms with Gasteiger partial charge in [-0.05, 0) is 65.6 Å². The van der Waals surface area contributed by atoms with Crippen LogP contribution in [0.1, 0.15) is 28.4 Å². The summed E-state index contributed by atoms with van der Waals surface area (Å²) in [6, 6.07) is 15.7. The fraction of sp³-hybridized carbons (Fsp3) is 0.125. The molecule has 0 radical (unpaired) electrons. The van der Waals surface area contributed by atoms with E-state index in [2.05, 4.69) is 31.2 Å². The predicted octanol–water partition coefficient (Wildman–Crippen LogP) is 4.80. The smallest absolute Gasteiger partial charge is 0.223 e. The molecule has 4 heterocycles. The Kier molecular flexibility index (Phi) is 4.84. The van der Waals surface area contributed by atoms with Crippen LogP contribution < -0.4 is 0 Å². The first kappa shape index (κ1) is 18.9. The lowest BCUT2D eigenvalue weighted by Gasteiger charge is -2.05. The van der Waals surface area contributed by atoms with Gasteiger partial charge in [-0.25, -0.2) is 0 Å². The molecule has 0 fully saturated rings. The Morgan fingerprint density at radius 2 is 1.84 bits per heavy atom. The van der Waals surface area contributed by atoms with Crippen LogP contribution in [0.2, 0.25) is 0 Å². The van der Waals surface area contributed by atoms with Crippen molar-refractivity contribution in [3.8, 4) is 22.6 Å². The molecule has 0 aliphatic rings. The number of rotatable bonds is 6. The SMILES string of the molecule is Cc1nc(-c2cc3cc(-c4ccnc(C(=O)CCc5ccncc5)c4)ccc3[nH]2)no1. The second-order valence-corrected chi connectivity index (χ2v) is 7.33. The highest BCUT2D eigenvalue weighted by molar-refractivity contribution is 5.96. The van der Waals surface area contributed by atoms with Crippen LogP contribution in [0.4, 0.5) is 0 Å². The van der Waals surface area contributed by atoms with Gasteiger partial charge < -0.3 is 9.51 Å². The van der Waals surface area contributed by atoms with Crippen molar-refractivity contribution >= 4 is 16.7 Å². The van der Waals surface area contributed by atoms with Gasteiger partial charge >= 0.3 is 0 Å². The standard InChI is InChI=1S/C24H19N5O2/c1-15-27-24(29-31-15)22-14-19-12-17(3-4-20(19)28-22)18-8-11-26-21(13-18)23(30)5-2-16-6-9-25-10-7-16/h3-4,6-14,28H,2,5H2,1H3. The Labute approximate surface area is 178 Å². The normalized spacial score (nSPS) is 11.1. The number of fused-ring (bicyclic) bond motifs is 1. The Hall–Kier alpha value is -4.13. The van der Waals surface area contributed by atoms with E-state index in [9.17, 15) is 4.79 Å². The van der Waals surface area contributed by atoms with Crippen molar-refractivity contribution in [3.63, 3.8) is 0 Å². The molecule has 7 nitrogen and oxygen atoms in total. The summed E-state index contributed by atoms with van der Waals surface area (Å²) in [5.74, 6) is 1.07. The highest BCUT2D eigenvalue weighted by Crippen LogP contribution is 2.28. The molecular formula is C24H19N5O2. The first-order valence-electron chi connectivity index (χ1n) is 9.98. The Bertz CT molecular complexity index is 1370. The van der Waals surface area contributed by atoms with Crippen molar-refractivity contribution in [1.29, 1.82) is 0 Å². The van der Waals surface area contributed by atoms with Crippen LogP contribution in [0.5, 0.6) is 0 Å². The average molecular weight is 409 g/mol. The van der Waals surface area contributed by atoms with E-state index in [1.165, 1.54) is 0 Å². The number of H-pyrrole nitrogens is 1. The lowest BCUT2D eigenvalue weighted by Crippen LogP contribution is -2.04. The fourth-order valence-corrected chi connectivity index (χ4v) is 3.54. The molecule has 152 valence electrons. The monoisotopic (exact) mass is 409 g/mol. The second kappa shape index (κ2) is 7.95. The third kappa shape index (κ3) is 3.98. The van der Waals surface area contributed by atoms with Gasteiger partial charge in [0.1, 0.15) is 5.69 Å². The van der Waals surface area contributed by atoms with Gasteiger partial charge in [0, 0.05) is 42.8 Å². The van der Waals surface area contributed by atoms with Crippen LogP contribution in [0.25, 0.3) is 33.5 Å². The first-order valence-corrected chi connectivity index (χ1v) is 9.98. The van der Waals surface area contributed by atoms with E-state index in [0.29, 0.717) is 30.3 Å². The summed E-state index contributed by atoms with van der Waals surface area (Å²) in [5, 5.41) is 4.99. The Morgan fingerprint density at radius 3 is 2.65 bits per heavy atom. The topological polar surface area (TPSA) is 97.6 Å². The maximum Gasteiger partial charge on any atom is 0.223 e. The van der Waals surface area contributed by atoms with E-state index in [4.69, 9.17) is 4.52 Å². The molecule has 0 amide bonds. The van der Waals surface area contributed by atoms with Crippen molar-refractivity contribution in [1.82, 2.24) is 25.1 Å². The van der Waals surface area contributed by atoms with Crippen molar-refractivity contribution in [3.05, 3.63) is 84.3 Å². The number of carbonyl (C=O) groups is 1. The fourth-order valence-electron chi connectivity index (χ4n) is 3.54. The summed E-state index contributed by atoms with van der Waals surface area (Å²) < 4.78 is 5.07. The molecule has 0 spiro atoms. The lowest BCUT2D eigenvalue weighted by molar-refractivity contribution is 0.0978. The summed E-state index contributed by atoms with van der Waals surface area (Å²) >= 11 is 0. The van der Waals surface area contributed by atoms with Crippen LogP contribution in [0.3, 0.4) is 0 Å². The molecule has 5 aromatic rings. The lowest BCUT2D eigenvalue weighted by atomic mass is 10.0.